The maximum atomic E-state index is 11.1. The molecule has 1 aliphatic heterocycles. The quantitative estimate of drug-likeness (QED) is 0.349. The van der Waals surface area contributed by atoms with Crippen LogP contribution in [0.1, 0.15) is 71.1 Å². The third-order valence-corrected chi connectivity index (χ3v) is 7.63. The van der Waals surface area contributed by atoms with Crippen LogP contribution in [0, 0.1) is 17.8 Å². The average Bonchev–Trinajstić information content (AvgIpc) is 3.17. The summed E-state index contributed by atoms with van der Waals surface area (Å²) in [5.41, 5.74) is 1.94. The smallest absolute Gasteiger partial charge is 0.306 e. The van der Waals surface area contributed by atoms with Crippen LogP contribution in [-0.4, -0.2) is 53.8 Å². The van der Waals surface area contributed by atoms with Crippen LogP contribution in [0.2, 0.25) is 0 Å². The van der Waals surface area contributed by atoms with Crippen LogP contribution in [0.4, 0.5) is 0 Å². The van der Waals surface area contributed by atoms with Gasteiger partial charge in [0, 0.05) is 18.3 Å². The van der Waals surface area contributed by atoms with Gasteiger partial charge in [0.25, 0.3) is 0 Å². The fourth-order valence-electron chi connectivity index (χ4n) is 4.88. The van der Waals surface area contributed by atoms with Crippen LogP contribution in [0.15, 0.2) is 17.1 Å². The Labute approximate surface area is 186 Å². The number of nitrogens with zero attached hydrogens (tertiary/aromatic N) is 1. The number of carboxylic acid groups (broad SMARTS) is 1. The van der Waals surface area contributed by atoms with Gasteiger partial charge in [0.15, 0.2) is 0 Å². The van der Waals surface area contributed by atoms with E-state index in [4.69, 9.17) is 14.6 Å². The number of ether oxygens (including phenoxy) is 2. The van der Waals surface area contributed by atoms with Gasteiger partial charge in [0.1, 0.15) is 0 Å². The Kier molecular flexibility index (Phi) is 10.2. The fraction of sp³-hybridized carbons (Fsp3) is 0.833. The molecular weight excluding hydrogens is 398 g/mol. The van der Waals surface area contributed by atoms with Crippen molar-refractivity contribution < 1.29 is 19.4 Å². The van der Waals surface area contributed by atoms with Crippen molar-refractivity contribution in [3.05, 3.63) is 12.2 Å². The van der Waals surface area contributed by atoms with E-state index in [1.54, 1.807) is 18.7 Å². The number of hydrogen-bond acceptors (Lipinski definition) is 5. The summed E-state index contributed by atoms with van der Waals surface area (Å²) in [6.45, 7) is 3.17. The van der Waals surface area contributed by atoms with Gasteiger partial charge in [0.2, 0.25) is 0 Å². The second-order valence-corrected chi connectivity index (χ2v) is 10.1. The topological polar surface area (TPSA) is 68.1 Å². The standard InChI is InChI=1S/C24H39NO4S/c1-18(24(26)27)7-6-14-28-23(19-8-3-2-4-9-19)20-10-5-11-22(13-12-20)29-15-21-16-30-17-25-21/h12-13,17-23H,2-11,14-16H2,1H3,(H,26,27). The highest BCUT2D eigenvalue weighted by Gasteiger charge is 2.31. The zero-order valence-corrected chi connectivity index (χ0v) is 19.2. The SMILES string of the molecule is CC(CCCOC(C1C=CC(OCC2CSC=N2)CCC1)C1CCCCC1)C(=O)O. The summed E-state index contributed by atoms with van der Waals surface area (Å²) in [5.74, 6) is 1.11. The predicted octanol–water partition coefficient (Wildman–Crippen LogP) is 5.34. The minimum atomic E-state index is -0.710. The maximum Gasteiger partial charge on any atom is 0.306 e. The molecule has 0 amide bonds. The molecule has 2 aliphatic carbocycles. The second-order valence-electron chi connectivity index (χ2n) is 9.21. The second kappa shape index (κ2) is 12.9. The minimum absolute atomic E-state index is 0.194. The highest BCUT2D eigenvalue weighted by Crippen LogP contribution is 2.35. The van der Waals surface area contributed by atoms with E-state index in [9.17, 15) is 4.79 Å². The van der Waals surface area contributed by atoms with Crippen molar-refractivity contribution in [3.8, 4) is 0 Å². The highest BCUT2D eigenvalue weighted by molar-refractivity contribution is 8.12. The lowest BCUT2D eigenvalue weighted by Gasteiger charge is -2.34. The van der Waals surface area contributed by atoms with E-state index in [-0.39, 0.29) is 18.1 Å². The Morgan fingerprint density at radius 1 is 1.17 bits per heavy atom. The first-order chi connectivity index (χ1) is 14.6. The third-order valence-electron chi connectivity index (χ3n) is 6.79. The van der Waals surface area contributed by atoms with Gasteiger partial charge in [0.05, 0.1) is 36.3 Å². The van der Waals surface area contributed by atoms with E-state index in [0.717, 1.165) is 31.4 Å². The molecule has 0 bridgehead atoms. The highest BCUT2D eigenvalue weighted by atomic mass is 32.2. The summed E-state index contributed by atoms with van der Waals surface area (Å²) in [7, 11) is 0. The molecule has 1 fully saturated rings. The first-order valence-corrected chi connectivity index (χ1v) is 13.0. The summed E-state index contributed by atoms with van der Waals surface area (Å²) >= 11 is 1.77. The molecule has 5 atom stereocenters. The molecule has 3 rings (SSSR count). The number of aliphatic carboxylic acids is 1. The zero-order valence-electron chi connectivity index (χ0n) is 18.4. The predicted molar refractivity (Wildman–Crippen MR) is 123 cm³/mol. The number of thioether (sulfide) groups is 1. The van der Waals surface area contributed by atoms with Crippen molar-refractivity contribution >= 4 is 23.3 Å². The number of aliphatic imine (C=N–C) groups is 1. The maximum absolute atomic E-state index is 11.1. The number of carbonyl (C=O) groups is 1. The molecule has 30 heavy (non-hydrogen) atoms. The Morgan fingerprint density at radius 2 is 2.00 bits per heavy atom. The Hall–Kier alpha value is -0.850. The largest absolute Gasteiger partial charge is 0.481 e. The number of hydrogen-bond donors (Lipinski definition) is 1. The molecule has 0 aromatic rings. The van der Waals surface area contributed by atoms with Crippen LogP contribution in [0.5, 0.6) is 0 Å². The van der Waals surface area contributed by atoms with Crippen molar-refractivity contribution in [3.63, 3.8) is 0 Å². The van der Waals surface area contributed by atoms with Crippen LogP contribution in [-0.2, 0) is 14.3 Å². The minimum Gasteiger partial charge on any atom is -0.481 e. The molecule has 170 valence electrons. The van der Waals surface area contributed by atoms with Gasteiger partial charge in [-0.2, -0.15) is 0 Å². The lowest BCUT2D eigenvalue weighted by atomic mass is 9.79. The molecule has 3 aliphatic rings. The van der Waals surface area contributed by atoms with Crippen molar-refractivity contribution in [1.29, 1.82) is 0 Å². The number of rotatable bonds is 11. The van der Waals surface area contributed by atoms with E-state index < -0.39 is 5.97 Å². The molecule has 1 heterocycles. The average molecular weight is 438 g/mol. The van der Waals surface area contributed by atoms with Gasteiger partial charge in [-0.1, -0.05) is 38.3 Å². The third kappa shape index (κ3) is 7.69. The molecular formula is C24H39NO4S. The van der Waals surface area contributed by atoms with E-state index >= 15 is 0 Å². The van der Waals surface area contributed by atoms with Crippen molar-refractivity contribution in [2.45, 2.75) is 89.4 Å². The van der Waals surface area contributed by atoms with E-state index in [2.05, 4.69) is 17.1 Å². The van der Waals surface area contributed by atoms with Crippen LogP contribution in [0.3, 0.4) is 0 Å². The monoisotopic (exact) mass is 437 g/mol. The molecule has 5 nitrogen and oxygen atoms in total. The van der Waals surface area contributed by atoms with Gasteiger partial charge < -0.3 is 14.6 Å². The van der Waals surface area contributed by atoms with Gasteiger partial charge in [-0.25, -0.2) is 0 Å². The first-order valence-electron chi connectivity index (χ1n) is 11.9. The van der Waals surface area contributed by atoms with Crippen molar-refractivity contribution in [2.75, 3.05) is 19.0 Å². The molecule has 0 aromatic heterocycles. The molecule has 6 heteroatoms. The molecule has 0 aromatic carbocycles. The van der Waals surface area contributed by atoms with E-state index in [0.29, 0.717) is 37.5 Å². The van der Waals surface area contributed by atoms with Gasteiger partial charge in [-0.05, 0) is 50.9 Å². The van der Waals surface area contributed by atoms with Crippen molar-refractivity contribution in [1.82, 2.24) is 0 Å². The summed E-state index contributed by atoms with van der Waals surface area (Å²) < 4.78 is 12.6. The summed E-state index contributed by atoms with van der Waals surface area (Å²) in [5, 5.41) is 9.10. The Balaban J connectivity index is 1.52. The van der Waals surface area contributed by atoms with Crippen LogP contribution in [0.25, 0.3) is 0 Å². The molecule has 1 N–H and O–H groups in total. The van der Waals surface area contributed by atoms with Gasteiger partial charge in [-0.15, -0.1) is 11.8 Å². The molecule has 0 spiro atoms. The van der Waals surface area contributed by atoms with Crippen molar-refractivity contribution in [2.24, 2.45) is 22.7 Å². The van der Waals surface area contributed by atoms with E-state index in [1.807, 2.05) is 5.55 Å². The lowest BCUT2D eigenvalue weighted by molar-refractivity contribution is -0.141. The first kappa shape index (κ1) is 23.8. The molecule has 0 saturated heterocycles. The molecule has 5 unspecified atom stereocenters. The van der Waals surface area contributed by atoms with Crippen LogP contribution >= 0.6 is 11.8 Å². The van der Waals surface area contributed by atoms with Crippen LogP contribution < -0.4 is 0 Å². The molecule has 0 radical (unpaired) electrons. The fourth-order valence-corrected chi connectivity index (χ4v) is 5.63. The molecule has 1 saturated carbocycles. The summed E-state index contributed by atoms with van der Waals surface area (Å²) in [6.07, 6.45) is 16.5. The van der Waals surface area contributed by atoms with Gasteiger partial charge >= 0.3 is 5.97 Å². The summed E-state index contributed by atoms with van der Waals surface area (Å²) in [6, 6.07) is 0.314. The Morgan fingerprint density at radius 3 is 2.73 bits per heavy atom. The summed E-state index contributed by atoms with van der Waals surface area (Å²) in [4.78, 5) is 15.5. The van der Waals surface area contributed by atoms with E-state index in [1.165, 1.54) is 32.1 Å². The van der Waals surface area contributed by atoms with Gasteiger partial charge in [-0.3, -0.25) is 9.79 Å². The number of carboxylic acids is 1. The zero-order chi connectivity index (χ0) is 21.2. The lowest BCUT2D eigenvalue weighted by Crippen LogP contribution is -2.33. The normalized spacial score (nSPS) is 29.6. The Bertz CT molecular complexity index is 576.